The van der Waals surface area contributed by atoms with Crippen LogP contribution < -0.4 is 60.3 Å². The largest absolute Gasteiger partial charge is 0.508 e. The number of carbonyl (C=O) groups excluding carboxylic acids is 6. The fourth-order valence-electron chi connectivity index (χ4n) is 12.5. The Kier molecular flexibility index (Phi) is 18.1. The third-order valence-corrected chi connectivity index (χ3v) is 17.4. The number of carbonyl (C=O) groups is 6. The normalized spacial score (nSPS) is 15.9. The molecule has 4 aliphatic rings. The molecule has 8 bridgehead atoms. The highest BCUT2D eigenvalue weighted by molar-refractivity contribution is 6.03. The first-order valence-electron chi connectivity index (χ1n) is 31.8. The van der Waals surface area contributed by atoms with Gasteiger partial charge in [0.05, 0.1) is 34.1 Å². The summed E-state index contributed by atoms with van der Waals surface area (Å²) in [7, 11) is 0. The SMILES string of the molecule is CCC(=O)Nc1cc2c(cc1NC(=O)CC)Oc1cc3c4cc1C(CC)c1cc(c(O)cc1O2)C(CC)c1cc2c(cc1O)Oc1cc(NC(=O)CC)c(NC(=O)CC)cc1Oc1cc(c(cc1C2CC)C4CC)Oc1cc(NC(=O)CC)c(NC(=O)CC)cc1O3. The summed E-state index contributed by atoms with van der Waals surface area (Å²) in [5.74, 6) is -2.03. The predicted octanol–water partition coefficient (Wildman–Crippen LogP) is 17.4. The average molecular weight is 1250 g/mol. The minimum Gasteiger partial charge on any atom is -0.508 e. The fraction of sp³-hybridized carbons (Fsp3) is 0.333. The molecule has 3 aliphatic heterocycles. The van der Waals surface area contributed by atoms with Gasteiger partial charge in [0, 0.05) is 167 Å². The number of aromatic hydroxyl groups is 2. The molecule has 0 fully saturated rings. The quantitative estimate of drug-likeness (QED) is 0.0447. The fourth-order valence-corrected chi connectivity index (χ4v) is 12.5. The molecule has 2 atom stereocenters. The van der Waals surface area contributed by atoms with E-state index in [9.17, 15) is 39.0 Å². The smallest absolute Gasteiger partial charge is 0.224 e. The van der Waals surface area contributed by atoms with Gasteiger partial charge >= 0.3 is 0 Å². The maximum atomic E-state index is 13.4. The van der Waals surface area contributed by atoms with Gasteiger partial charge in [0.15, 0.2) is 34.5 Å². The number of ether oxygens (including phenoxy) is 6. The molecule has 7 aromatic carbocycles. The highest BCUT2D eigenvalue weighted by Crippen LogP contribution is 2.59. The highest BCUT2D eigenvalue weighted by Gasteiger charge is 2.38. The Bertz CT molecular complexity index is 3920. The zero-order valence-corrected chi connectivity index (χ0v) is 53.3. The Morgan fingerprint density at radius 1 is 0.261 bits per heavy atom. The lowest BCUT2D eigenvalue weighted by Crippen LogP contribution is -2.15. The van der Waals surface area contributed by atoms with E-state index >= 15 is 0 Å². The molecule has 478 valence electrons. The summed E-state index contributed by atoms with van der Waals surface area (Å²) < 4.78 is 42.9. The van der Waals surface area contributed by atoms with Crippen LogP contribution in [-0.2, 0) is 28.8 Å². The van der Waals surface area contributed by atoms with E-state index in [1.165, 1.54) is 0 Å². The molecule has 0 radical (unpaired) electrons. The van der Waals surface area contributed by atoms with E-state index < -0.39 is 23.7 Å². The summed E-state index contributed by atoms with van der Waals surface area (Å²) in [6, 6.07) is 24.2. The standard InChI is InChI=1S/C72H76N6O14/c1-11-35-39-21-41-36(12-2)43-23-45-38(14-4)46-24-44-37(13-3)42-22-40(35)54(80)32-56(42)88-62-26-48(74-68(82)16-6)50(76-70(84)18-8)28-64(62)90-58(44)34-60(46)92-66-30-52(78-72(86)20-10)51(77-71(85)19-9)29-65(66)91-59(45)33-57(43)89-63-27-49(75-69(83)17-7)47(73-67(81)15-5)25-61(63)87-55(41)31-53(39)79/h21-38,79-80H,11-20H2,1-10H3,(H,73,81)(H,74,82)(H,75,83)(H,76,84)(H,77,85)(H,78,86). The van der Waals surface area contributed by atoms with Crippen LogP contribution in [0.25, 0.3) is 0 Å². The molecule has 0 aromatic heterocycles. The molecule has 0 saturated heterocycles. The van der Waals surface area contributed by atoms with Crippen LogP contribution in [-0.4, -0.2) is 45.7 Å². The van der Waals surface area contributed by atoms with E-state index in [1.807, 2.05) is 32.9 Å². The van der Waals surface area contributed by atoms with Crippen LogP contribution in [0.4, 0.5) is 34.1 Å². The Balaban J connectivity index is 1.29. The van der Waals surface area contributed by atoms with Crippen LogP contribution in [0.5, 0.6) is 80.5 Å². The molecular formula is C72H76N6O14. The van der Waals surface area contributed by atoms with Gasteiger partial charge in [-0.15, -0.1) is 0 Å². The molecule has 20 nitrogen and oxygen atoms in total. The Hall–Kier alpha value is -10.2. The van der Waals surface area contributed by atoms with Gasteiger partial charge in [0.2, 0.25) is 35.4 Å². The number of nitrogens with one attached hydrogen (secondary N) is 6. The van der Waals surface area contributed by atoms with Crippen molar-refractivity contribution in [2.24, 2.45) is 0 Å². The van der Waals surface area contributed by atoms with E-state index in [4.69, 9.17) is 28.4 Å². The lowest BCUT2D eigenvalue weighted by Gasteiger charge is -2.29. The summed E-state index contributed by atoms with van der Waals surface area (Å²) in [5.41, 5.74) is 6.41. The van der Waals surface area contributed by atoms with Crippen molar-refractivity contribution in [1.82, 2.24) is 0 Å². The third-order valence-electron chi connectivity index (χ3n) is 17.4. The molecule has 92 heavy (non-hydrogen) atoms. The first-order chi connectivity index (χ1) is 44.3. The van der Waals surface area contributed by atoms with Gasteiger partial charge in [-0.3, -0.25) is 28.8 Å². The van der Waals surface area contributed by atoms with Gasteiger partial charge in [0.1, 0.15) is 46.0 Å². The van der Waals surface area contributed by atoms with Gasteiger partial charge in [-0.25, -0.2) is 0 Å². The van der Waals surface area contributed by atoms with Crippen LogP contribution in [0.1, 0.15) is 202 Å². The number of anilines is 6. The van der Waals surface area contributed by atoms with Crippen LogP contribution >= 0.6 is 0 Å². The minimum absolute atomic E-state index is 0.114. The summed E-state index contributed by atoms with van der Waals surface area (Å²) in [5, 5.41) is 42.9. The van der Waals surface area contributed by atoms with Crippen molar-refractivity contribution < 1.29 is 67.4 Å². The number of amides is 6. The van der Waals surface area contributed by atoms with Crippen molar-refractivity contribution in [1.29, 1.82) is 0 Å². The molecule has 7 aromatic rings. The molecule has 1 aliphatic carbocycles. The Morgan fingerprint density at radius 3 is 0.620 bits per heavy atom. The van der Waals surface area contributed by atoms with Crippen LogP contribution in [0, 0.1) is 0 Å². The van der Waals surface area contributed by atoms with Crippen molar-refractivity contribution in [3.8, 4) is 80.5 Å². The molecular weight excluding hydrogens is 1170 g/mol. The van der Waals surface area contributed by atoms with Crippen LogP contribution in [0.2, 0.25) is 0 Å². The van der Waals surface area contributed by atoms with Crippen molar-refractivity contribution in [3.05, 3.63) is 129 Å². The van der Waals surface area contributed by atoms with Crippen molar-refractivity contribution in [2.45, 2.75) is 157 Å². The molecule has 11 rings (SSSR count). The van der Waals surface area contributed by atoms with E-state index in [0.29, 0.717) is 93.2 Å². The summed E-state index contributed by atoms with van der Waals surface area (Å²) in [6.45, 7) is 18.4. The number of phenolic OH excluding ortho intramolecular Hbond substituents is 2. The summed E-state index contributed by atoms with van der Waals surface area (Å²) in [6.07, 6.45) is 2.47. The van der Waals surface area contributed by atoms with Crippen molar-refractivity contribution in [2.75, 3.05) is 31.9 Å². The molecule has 20 heteroatoms. The van der Waals surface area contributed by atoms with E-state index in [0.717, 1.165) is 0 Å². The van der Waals surface area contributed by atoms with Gasteiger partial charge in [-0.1, -0.05) is 69.2 Å². The van der Waals surface area contributed by atoms with Crippen molar-refractivity contribution in [3.63, 3.8) is 0 Å². The lowest BCUT2D eigenvalue weighted by molar-refractivity contribution is -0.116. The average Bonchev–Trinajstić information content (AvgIpc) is 1.42. The number of fused-ring (bicyclic) bond motifs is 5. The topological polar surface area (TPSA) is 270 Å². The second-order valence-corrected chi connectivity index (χ2v) is 23.2. The molecule has 6 amide bonds. The van der Waals surface area contributed by atoms with Gasteiger partial charge in [-0.2, -0.15) is 0 Å². The maximum Gasteiger partial charge on any atom is 0.224 e. The van der Waals surface area contributed by atoms with Gasteiger partial charge < -0.3 is 70.5 Å². The van der Waals surface area contributed by atoms with Crippen LogP contribution in [0.3, 0.4) is 0 Å². The Morgan fingerprint density at radius 2 is 0.435 bits per heavy atom. The van der Waals surface area contributed by atoms with Crippen LogP contribution in [0.15, 0.2) is 84.9 Å². The zero-order chi connectivity index (χ0) is 65.4. The lowest BCUT2D eigenvalue weighted by atomic mass is 9.77. The molecule has 8 N–H and O–H groups in total. The number of benzene rings is 7. The summed E-state index contributed by atoms with van der Waals surface area (Å²) >= 11 is 0. The number of hydrogen-bond donors (Lipinski definition) is 8. The molecule has 3 heterocycles. The monoisotopic (exact) mass is 1250 g/mol. The first kappa shape index (κ1) is 63.3. The van der Waals surface area contributed by atoms with E-state index in [2.05, 4.69) is 51.0 Å². The Labute approximate surface area is 533 Å². The number of phenols is 2. The molecule has 0 spiro atoms. The highest BCUT2D eigenvalue weighted by atomic mass is 16.5. The van der Waals surface area contributed by atoms with Gasteiger partial charge in [-0.05, 0) is 49.9 Å². The van der Waals surface area contributed by atoms with E-state index in [-0.39, 0.29) is 166 Å². The predicted molar refractivity (Wildman–Crippen MR) is 351 cm³/mol. The molecule has 0 saturated carbocycles. The second-order valence-electron chi connectivity index (χ2n) is 23.2. The maximum absolute atomic E-state index is 13.4. The third kappa shape index (κ3) is 12.2. The number of hydrogen-bond acceptors (Lipinski definition) is 14. The molecule has 2 unspecified atom stereocenters. The van der Waals surface area contributed by atoms with Crippen molar-refractivity contribution >= 4 is 69.6 Å². The zero-order valence-electron chi connectivity index (χ0n) is 53.3. The van der Waals surface area contributed by atoms with E-state index in [1.54, 1.807) is 102 Å². The summed E-state index contributed by atoms with van der Waals surface area (Å²) in [4.78, 5) is 79.8. The van der Waals surface area contributed by atoms with Gasteiger partial charge in [0.25, 0.3) is 0 Å². The second kappa shape index (κ2) is 26.3. The minimum atomic E-state index is -0.658. The first-order valence-corrected chi connectivity index (χ1v) is 31.8. The number of rotatable bonds is 16.